The van der Waals surface area contributed by atoms with E-state index in [4.69, 9.17) is 9.47 Å². The van der Waals surface area contributed by atoms with Crippen LogP contribution in [0.4, 0.5) is 5.82 Å². The molecule has 2 aromatic carbocycles. The molecule has 31 heavy (non-hydrogen) atoms. The van der Waals surface area contributed by atoms with Crippen molar-refractivity contribution in [2.75, 3.05) is 31.8 Å². The molecule has 3 rings (SSSR count). The number of hydrogen-bond acceptors (Lipinski definition) is 8. The van der Waals surface area contributed by atoms with Crippen LogP contribution in [0.2, 0.25) is 0 Å². The summed E-state index contributed by atoms with van der Waals surface area (Å²) in [5, 5.41) is 13.4. The molecule has 8 heteroatoms. The summed E-state index contributed by atoms with van der Waals surface area (Å²) in [6, 6.07) is 16.8. The van der Waals surface area contributed by atoms with Crippen molar-refractivity contribution in [3.05, 3.63) is 65.2 Å². The van der Waals surface area contributed by atoms with E-state index in [1.807, 2.05) is 37.4 Å². The minimum atomic E-state index is -0.450. The van der Waals surface area contributed by atoms with Crippen LogP contribution in [-0.4, -0.2) is 42.5 Å². The highest BCUT2D eigenvalue weighted by molar-refractivity contribution is 7.98. The predicted molar refractivity (Wildman–Crippen MR) is 120 cm³/mol. The van der Waals surface area contributed by atoms with E-state index in [2.05, 4.69) is 21.4 Å². The van der Waals surface area contributed by atoms with E-state index < -0.39 is 5.97 Å². The highest BCUT2D eigenvalue weighted by Gasteiger charge is 2.16. The summed E-state index contributed by atoms with van der Waals surface area (Å²) in [4.78, 5) is 21.2. The van der Waals surface area contributed by atoms with Gasteiger partial charge in [-0.15, -0.1) is 0 Å². The van der Waals surface area contributed by atoms with Gasteiger partial charge in [-0.1, -0.05) is 47.7 Å². The van der Waals surface area contributed by atoms with Crippen LogP contribution in [-0.2, 0) is 4.74 Å². The van der Waals surface area contributed by atoms with Crippen LogP contribution in [0.3, 0.4) is 0 Å². The van der Waals surface area contributed by atoms with Gasteiger partial charge in [-0.3, -0.25) is 0 Å². The van der Waals surface area contributed by atoms with Gasteiger partial charge in [-0.2, -0.15) is 5.26 Å². The monoisotopic (exact) mass is 434 g/mol. The van der Waals surface area contributed by atoms with Gasteiger partial charge in [0.05, 0.1) is 24.9 Å². The summed E-state index contributed by atoms with van der Waals surface area (Å²) in [5.74, 6) is 0.546. The van der Waals surface area contributed by atoms with Crippen molar-refractivity contribution >= 4 is 23.5 Å². The zero-order valence-electron chi connectivity index (χ0n) is 17.5. The lowest BCUT2D eigenvalue weighted by Gasteiger charge is -2.13. The Kier molecular flexibility index (Phi) is 7.46. The van der Waals surface area contributed by atoms with Crippen molar-refractivity contribution in [2.24, 2.45) is 0 Å². The number of aromatic nitrogens is 2. The third kappa shape index (κ3) is 5.53. The molecule has 0 saturated heterocycles. The van der Waals surface area contributed by atoms with Crippen LogP contribution >= 0.6 is 11.8 Å². The van der Waals surface area contributed by atoms with Crippen LogP contribution in [0.1, 0.15) is 21.5 Å². The number of esters is 1. The average molecular weight is 435 g/mol. The quantitative estimate of drug-likeness (QED) is 0.242. The van der Waals surface area contributed by atoms with E-state index >= 15 is 0 Å². The second kappa shape index (κ2) is 10.5. The van der Waals surface area contributed by atoms with Crippen LogP contribution in [0, 0.1) is 18.3 Å². The molecule has 0 spiro atoms. The van der Waals surface area contributed by atoms with Gasteiger partial charge < -0.3 is 14.8 Å². The lowest BCUT2D eigenvalue weighted by molar-refractivity contribution is 0.0520. The highest BCUT2D eigenvalue weighted by atomic mass is 32.2. The zero-order valence-corrected chi connectivity index (χ0v) is 18.3. The van der Waals surface area contributed by atoms with Crippen LogP contribution in [0.25, 0.3) is 11.3 Å². The number of benzene rings is 2. The summed E-state index contributed by atoms with van der Waals surface area (Å²) in [7, 11) is 1.54. The Morgan fingerprint density at radius 1 is 1.19 bits per heavy atom. The lowest BCUT2D eigenvalue weighted by atomic mass is 10.1. The smallest absolute Gasteiger partial charge is 0.338 e. The highest BCUT2D eigenvalue weighted by Crippen LogP contribution is 2.28. The van der Waals surface area contributed by atoms with Gasteiger partial charge in [0.2, 0.25) is 0 Å². The molecule has 0 radical (unpaired) electrons. The summed E-state index contributed by atoms with van der Waals surface area (Å²) in [6.07, 6.45) is 1.87. The molecule has 1 heterocycles. The Hall–Kier alpha value is -3.57. The number of nitrogens with zero attached hydrogens (tertiary/aromatic N) is 3. The number of methoxy groups -OCH3 is 1. The van der Waals surface area contributed by atoms with E-state index in [1.165, 1.54) is 18.9 Å². The van der Waals surface area contributed by atoms with Gasteiger partial charge in [-0.25, -0.2) is 14.8 Å². The second-order valence-electron chi connectivity index (χ2n) is 6.55. The number of anilines is 1. The fraction of sp³-hybridized carbons (Fsp3) is 0.217. The van der Waals surface area contributed by atoms with Crippen molar-refractivity contribution in [1.82, 2.24) is 9.97 Å². The number of nitriles is 1. The molecule has 0 amide bonds. The minimum absolute atomic E-state index is 0.110. The number of aryl methyl sites for hydroxylation is 1. The third-order valence-corrected chi connectivity index (χ3v) is 4.99. The van der Waals surface area contributed by atoms with E-state index in [9.17, 15) is 10.1 Å². The van der Waals surface area contributed by atoms with Gasteiger partial charge in [0.15, 0.2) is 5.16 Å². The molecular weight excluding hydrogens is 412 g/mol. The van der Waals surface area contributed by atoms with Crippen LogP contribution in [0.5, 0.6) is 5.75 Å². The molecule has 0 fully saturated rings. The van der Waals surface area contributed by atoms with E-state index in [-0.39, 0.29) is 6.61 Å². The van der Waals surface area contributed by atoms with Crippen LogP contribution in [0.15, 0.2) is 53.7 Å². The number of hydrogen-bond donors (Lipinski definition) is 1. The molecule has 1 N–H and O–H groups in total. The Bertz CT molecular complexity index is 1110. The zero-order chi connectivity index (χ0) is 22.2. The second-order valence-corrected chi connectivity index (χ2v) is 7.33. The molecule has 0 unspecified atom stereocenters. The van der Waals surface area contributed by atoms with E-state index in [0.29, 0.717) is 40.1 Å². The van der Waals surface area contributed by atoms with E-state index in [1.54, 1.807) is 24.3 Å². The van der Waals surface area contributed by atoms with Gasteiger partial charge in [0.25, 0.3) is 0 Å². The summed E-state index contributed by atoms with van der Waals surface area (Å²) in [6.45, 7) is 2.41. The first-order valence-electron chi connectivity index (χ1n) is 9.54. The maximum Gasteiger partial charge on any atom is 0.338 e. The number of carbonyl (C=O) groups is 1. The minimum Gasteiger partial charge on any atom is -0.497 e. The fourth-order valence-corrected chi connectivity index (χ4v) is 3.20. The molecule has 0 aliphatic rings. The standard InChI is InChI=1S/C23H22N4O3S/c1-15-7-9-16(10-8-15)20-19(14-24)21(27-23(26-20)31-3)25-11-12-30-22(28)17-5-4-6-18(13-17)29-2/h4-10,13H,11-12H2,1-3H3,(H,25,26,27). The van der Waals surface area contributed by atoms with Crippen molar-refractivity contribution in [3.63, 3.8) is 0 Å². The maximum absolute atomic E-state index is 12.2. The summed E-state index contributed by atoms with van der Waals surface area (Å²) < 4.78 is 10.4. The number of carbonyl (C=O) groups excluding carboxylic acids is 1. The molecule has 1 aromatic heterocycles. The summed E-state index contributed by atoms with van der Waals surface area (Å²) in [5.41, 5.74) is 3.29. The third-order valence-electron chi connectivity index (χ3n) is 4.44. The first-order chi connectivity index (χ1) is 15.0. The SMILES string of the molecule is COc1cccc(C(=O)OCCNc2nc(SC)nc(-c3ccc(C)cc3)c2C#N)c1. The van der Waals surface area contributed by atoms with E-state index in [0.717, 1.165) is 11.1 Å². The van der Waals surface area contributed by atoms with Gasteiger partial charge in [0, 0.05) is 5.56 Å². The topological polar surface area (TPSA) is 97.1 Å². The average Bonchev–Trinajstić information content (AvgIpc) is 2.81. The first kappa shape index (κ1) is 22.1. The molecule has 0 aliphatic heterocycles. The molecule has 7 nitrogen and oxygen atoms in total. The number of nitrogens with one attached hydrogen (secondary N) is 1. The molecule has 0 bridgehead atoms. The van der Waals surface area contributed by atoms with Crippen molar-refractivity contribution in [1.29, 1.82) is 5.26 Å². The van der Waals surface area contributed by atoms with Crippen molar-refractivity contribution in [3.8, 4) is 23.1 Å². The van der Waals surface area contributed by atoms with Gasteiger partial charge >= 0.3 is 5.97 Å². The maximum atomic E-state index is 12.2. The van der Waals surface area contributed by atoms with Gasteiger partial charge in [0.1, 0.15) is 29.8 Å². The van der Waals surface area contributed by atoms with Crippen molar-refractivity contribution < 1.29 is 14.3 Å². The molecular formula is C23H22N4O3S. The molecule has 0 atom stereocenters. The number of ether oxygens (including phenoxy) is 2. The number of thioether (sulfide) groups is 1. The molecule has 0 aliphatic carbocycles. The molecule has 3 aromatic rings. The lowest BCUT2D eigenvalue weighted by Crippen LogP contribution is -2.16. The Morgan fingerprint density at radius 3 is 2.65 bits per heavy atom. The molecule has 0 saturated carbocycles. The fourth-order valence-electron chi connectivity index (χ4n) is 2.83. The first-order valence-corrected chi connectivity index (χ1v) is 10.8. The predicted octanol–water partition coefficient (Wildman–Crippen LogP) is 4.32. The number of rotatable bonds is 8. The Balaban J connectivity index is 1.72. The van der Waals surface area contributed by atoms with Crippen LogP contribution < -0.4 is 10.1 Å². The van der Waals surface area contributed by atoms with Crippen molar-refractivity contribution in [2.45, 2.75) is 12.1 Å². The molecule has 158 valence electrons. The van der Waals surface area contributed by atoms with Gasteiger partial charge in [-0.05, 0) is 31.4 Å². The largest absolute Gasteiger partial charge is 0.497 e. The Morgan fingerprint density at radius 2 is 1.97 bits per heavy atom. The normalized spacial score (nSPS) is 10.3. The Labute approximate surface area is 185 Å². The summed E-state index contributed by atoms with van der Waals surface area (Å²) >= 11 is 1.39.